The smallest absolute Gasteiger partial charge is 0.110 e. The lowest BCUT2D eigenvalue weighted by Gasteiger charge is -2.32. The summed E-state index contributed by atoms with van der Waals surface area (Å²) >= 11 is 1.87. The van der Waals surface area contributed by atoms with Gasteiger partial charge >= 0.3 is 0 Å². The van der Waals surface area contributed by atoms with E-state index >= 15 is 0 Å². The van der Waals surface area contributed by atoms with Crippen LogP contribution in [0.1, 0.15) is 39.0 Å². The van der Waals surface area contributed by atoms with Crippen molar-refractivity contribution in [3.8, 4) is 0 Å². The van der Waals surface area contributed by atoms with Crippen LogP contribution in [0, 0.1) is 5.92 Å². The van der Waals surface area contributed by atoms with Crippen molar-refractivity contribution < 1.29 is 19.0 Å². The lowest BCUT2D eigenvalue weighted by molar-refractivity contribution is -0.000778. The van der Waals surface area contributed by atoms with Gasteiger partial charge in [0.1, 0.15) is 6.23 Å². The minimum Gasteiger partial charge on any atom is -0.381 e. The van der Waals surface area contributed by atoms with E-state index in [1.54, 1.807) is 20.3 Å². The van der Waals surface area contributed by atoms with E-state index in [0.29, 0.717) is 25.4 Å². The van der Waals surface area contributed by atoms with Gasteiger partial charge in [-0.15, -0.1) is 11.8 Å². The third-order valence-electron chi connectivity index (χ3n) is 8.01. The van der Waals surface area contributed by atoms with Crippen molar-refractivity contribution >= 4 is 11.8 Å². The van der Waals surface area contributed by atoms with Crippen LogP contribution in [0.15, 0.2) is 83.1 Å². The molecule has 0 bridgehead atoms. The number of hydrogen-bond acceptors (Lipinski definition) is 7. The molecule has 3 aliphatic rings. The van der Waals surface area contributed by atoms with Gasteiger partial charge in [0, 0.05) is 59.9 Å². The number of nitrogens with one attached hydrogen (secondary N) is 1. The van der Waals surface area contributed by atoms with Gasteiger partial charge in [-0.25, -0.2) is 4.39 Å². The van der Waals surface area contributed by atoms with E-state index in [1.807, 2.05) is 30.0 Å². The van der Waals surface area contributed by atoms with Gasteiger partial charge in [0.25, 0.3) is 0 Å². The molecule has 0 amide bonds. The van der Waals surface area contributed by atoms with Gasteiger partial charge in [-0.05, 0) is 55.1 Å². The zero-order valence-electron chi connectivity index (χ0n) is 25.1. The Morgan fingerprint density at radius 3 is 2.76 bits per heavy atom. The first kappa shape index (κ1) is 33.7. The van der Waals surface area contributed by atoms with E-state index in [0.717, 1.165) is 64.1 Å². The van der Waals surface area contributed by atoms with Crippen molar-refractivity contribution in [2.45, 2.75) is 56.7 Å². The maximum absolute atomic E-state index is 13.7. The second-order valence-electron chi connectivity index (χ2n) is 10.9. The topological polar surface area (TPSA) is 57.2 Å². The Balaban J connectivity index is 1.75. The monoisotopic (exact) mass is 587 g/mol. The van der Waals surface area contributed by atoms with Gasteiger partial charge in [-0.2, -0.15) is 0 Å². The fourth-order valence-electron chi connectivity index (χ4n) is 5.40. The van der Waals surface area contributed by atoms with Crippen LogP contribution in [0.25, 0.3) is 0 Å². The summed E-state index contributed by atoms with van der Waals surface area (Å²) in [7, 11) is 3.44. The molecule has 4 atom stereocenters. The molecule has 1 fully saturated rings. The minimum atomic E-state index is -0.475. The number of halogens is 1. The maximum Gasteiger partial charge on any atom is 0.110 e. The number of hydrogen-bond donors (Lipinski definition) is 2. The molecule has 4 unspecified atom stereocenters. The highest BCUT2D eigenvalue weighted by atomic mass is 32.2. The summed E-state index contributed by atoms with van der Waals surface area (Å²) in [5, 5.41) is 16.6. The quantitative estimate of drug-likeness (QED) is 0.224. The van der Waals surface area contributed by atoms with Crippen LogP contribution in [0.3, 0.4) is 0 Å². The highest BCUT2D eigenvalue weighted by Gasteiger charge is 2.30. The molecule has 0 spiro atoms. The lowest BCUT2D eigenvalue weighted by atomic mass is 9.86. The van der Waals surface area contributed by atoms with Gasteiger partial charge < -0.3 is 19.9 Å². The molecule has 1 saturated heterocycles. The molecule has 8 heteroatoms. The Morgan fingerprint density at radius 2 is 2.07 bits per heavy atom. The molecule has 41 heavy (non-hydrogen) atoms. The standard InChI is InChI=1S/C33H50FN3O3S/c1-5-9-27(10-8-12-32(38)36-19-17-35-18-20-36)23-37(24-29(26(2)40-4)11-6-7-21-39-3)33-22-30(25-41-33)28-13-15-31(34)16-14-28/h5-11,15,25-26,28,32-33,35,38H,1,12-14,16-24H2,2-4H3/b7-6-,10-8-,27-9+,29-11-. The molecule has 228 valence electrons. The number of methoxy groups -OCH3 is 2. The van der Waals surface area contributed by atoms with Crippen LogP contribution in [0.5, 0.6) is 0 Å². The van der Waals surface area contributed by atoms with Crippen LogP contribution in [0.2, 0.25) is 0 Å². The molecule has 2 aliphatic heterocycles. The lowest BCUT2D eigenvalue weighted by Crippen LogP contribution is -2.48. The molecule has 1 aliphatic carbocycles. The highest BCUT2D eigenvalue weighted by molar-refractivity contribution is 8.02. The summed E-state index contributed by atoms with van der Waals surface area (Å²) < 4.78 is 24.6. The number of aliphatic hydroxyl groups is 1. The van der Waals surface area contributed by atoms with Crippen LogP contribution in [0.4, 0.5) is 4.39 Å². The van der Waals surface area contributed by atoms with Crippen molar-refractivity contribution in [3.05, 3.63) is 83.1 Å². The van der Waals surface area contributed by atoms with E-state index in [1.165, 1.54) is 11.1 Å². The summed E-state index contributed by atoms with van der Waals surface area (Å²) in [6, 6.07) is 0. The van der Waals surface area contributed by atoms with Crippen LogP contribution >= 0.6 is 11.8 Å². The molecule has 6 nitrogen and oxygen atoms in total. The number of piperazine rings is 1. The SMILES string of the molecule is C=C/C=C(\C=C/CC(O)N1CCNCC1)CN(C/C(=C/C=C\COC)C(C)OC)C1CC(C2CC=C(F)CC2)=CS1. The number of aliphatic hydroxyl groups excluding tert-OH is 1. The summed E-state index contributed by atoms with van der Waals surface area (Å²) in [5.74, 6) is 0.455. The zero-order chi connectivity index (χ0) is 29.5. The Morgan fingerprint density at radius 1 is 1.27 bits per heavy atom. The average Bonchev–Trinajstić information content (AvgIpc) is 3.49. The summed E-state index contributed by atoms with van der Waals surface area (Å²) in [4.78, 5) is 4.63. The minimum absolute atomic E-state index is 0.0311. The second kappa shape index (κ2) is 18.7. The maximum atomic E-state index is 13.7. The summed E-state index contributed by atoms with van der Waals surface area (Å²) in [6.45, 7) is 11.6. The first-order valence-electron chi connectivity index (χ1n) is 14.9. The molecule has 0 aromatic heterocycles. The van der Waals surface area contributed by atoms with Crippen molar-refractivity contribution in [1.29, 1.82) is 0 Å². The number of ether oxygens (including phenoxy) is 2. The van der Waals surface area contributed by atoms with E-state index in [-0.39, 0.29) is 17.3 Å². The predicted octanol–water partition coefficient (Wildman–Crippen LogP) is 5.74. The first-order valence-corrected chi connectivity index (χ1v) is 15.8. The van der Waals surface area contributed by atoms with Gasteiger partial charge in [-0.3, -0.25) is 9.80 Å². The zero-order valence-corrected chi connectivity index (χ0v) is 26.0. The highest BCUT2D eigenvalue weighted by Crippen LogP contribution is 2.41. The fraction of sp³-hybridized carbons (Fsp3) is 0.576. The molecule has 2 N–H and O–H groups in total. The Labute approximate surface area is 251 Å². The van der Waals surface area contributed by atoms with Gasteiger partial charge in [0.2, 0.25) is 0 Å². The van der Waals surface area contributed by atoms with Gasteiger partial charge in [-0.1, -0.05) is 60.8 Å². The molecule has 0 aromatic rings. The first-order chi connectivity index (χ1) is 19.9. The van der Waals surface area contributed by atoms with Crippen LogP contribution in [-0.4, -0.2) is 92.7 Å². The van der Waals surface area contributed by atoms with Crippen molar-refractivity contribution in [2.24, 2.45) is 5.92 Å². The Hall–Kier alpha value is -1.78. The average molecular weight is 588 g/mol. The predicted molar refractivity (Wildman–Crippen MR) is 170 cm³/mol. The molecule has 2 heterocycles. The molecule has 0 aromatic carbocycles. The number of thioether (sulfide) groups is 1. The van der Waals surface area contributed by atoms with E-state index < -0.39 is 6.23 Å². The molecule has 3 rings (SSSR count). The normalized spacial score (nSPS) is 24.7. The largest absolute Gasteiger partial charge is 0.381 e. The van der Waals surface area contributed by atoms with Crippen molar-refractivity contribution in [1.82, 2.24) is 15.1 Å². The van der Waals surface area contributed by atoms with Crippen molar-refractivity contribution in [2.75, 3.05) is 60.1 Å². The second-order valence-corrected chi connectivity index (χ2v) is 12.0. The third kappa shape index (κ3) is 11.4. The number of rotatable bonds is 16. The fourth-order valence-corrected chi connectivity index (χ4v) is 6.63. The van der Waals surface area contributed by atoms with Gasteiger partial charge in [0.15, 0.2) is 0 Å². The molecule has 0 saturated carbocycles. The van der Waals surface area contributed by atoms with Crippen LogP contribution in [-0.2, 0) is 9.47 Å². The molecular formula is C33H50FN3O3S. The van der Waals surface area contributed by atoms with Crippen LogP contribution < -0.4 is 5.32 Å². The molecule has 0 radical (unpaired) electrons. The number of nitrogens with zero attached hydrogens (tertiary/aromatic N) is 2. The number of allylic oxidation sites excluding steroid dienone is 6. The third-order valence-corrected chi connectivity index (χ3v) is 9.23. The Kier molecular flexibility index (Phi) is 15.4. The van der Waals surface area contributed by atoms with Crippen molar-refractivity contribution in [3.63, 3.8) is 0 Å². The van der Waals surface area contributed by atoms with Gasteiger partial charge in [0.05, 0.1) is 23.9 Å². The van der Waals surface area contributed by atoms with E-state index in [4.69, 9.17) is 9.47 Å². The summed E-state index contributed by atoms with van der Waals surface area (Å²) in [6.07, 6.45) is 19.3. The Bertz CT molecular complexity index is 1000. The van der Waals surface area contributed by atoms with E-state index in [2.05, 4.69) is 58.3 Å². The summed E-state index contributed by atoms with van der Waals surface area (Å²) in [5.41, 5.74) is 3.76. The van der Waals surface area contributed by atoms with E-state index in [9.17, 15) is 9.50 Å². The molecular weight excluding hydrogens is 537 g/mol.